The molecule has 0 saturated heterocycles. The lowest BCUT2D eigenvalue weighted by atomic mass is 10.3. The second-order valence-electron chi connectivity index (χ2n) is 4.56. The standard InChI is InChI=1S/C15H18N2O3S/c1-21(18,19)14-9-5-10-16-15(14)17-11-6-12-20-13-7-3-2-4-8-13/h2-5,7-10H,6,11-12H2,1H3,(H,16,17). The lowest BCUT2D eigenvalue weighted by Gasteiger charge is -2.10. The Morgan fingerprint density at radius 2 is 1.90 bits per heavy atom. The van der Waals surface area contributed by atoms with Gasteiger partial charge in [-0.15, -0.1) is 0 Å². The van der Waals surface area contributed by atoms with E-state index in [4.69, 9.17) is 4.74 Å². The summed E-state index contributed by atoms with van der Waals surface area (Å²) in [6.07, 6.45) is 3.49. The summed E-state index contributed by atoms with van der Waals surface area (Å²) in [4.78, 5) is 4.29. The SMILES string of the molecule is CS(=O)(=O)c1cccnc1NCCCOc1ccccc1. The molecular formula is C15H18N2O3S. The second kappa shape index (κ2) is 7.08. The van der Waals surface area contributed by atoms with Gasteiger partial charge in [0.15, 0.2) is 9.84 Å². The average Bonchev–Trinajstić information content (AvgIpc) is 2.47. The first-order valence-corrected chi connectivity index (χ1v) is 8.53. The highest BCUT2D eigenvalue weighted by atomic mass is 32.2. The van der Waals surface area contributed by atoms with E-state index >= 15 is 0 Å². The Hall–Kier alpha value is -2.08. The lowest BCUT2D eigenvalue weighted by molar-refractivity contribution is 0.315. The number of nitrogens with zero attached hydrogens (tertiary/aromatic N) is 1. The normalized spacial score (nSPS) is 11.1. The Labute approximate surface area is 124 Å². The van der Waals surface area contributed by atoms with E-state index in [1.807, 2.05) is 30.3 Å². The molecule has 0 aliphatic rings. The van der Waals surface area contributed by atoms with Gasteiger partial charge in [0.2, 0.25) is 0 Å². The molecule has 1 heterocycles. The Balaban J connectivity index is 1.82. The van der Waals surface area contributed by atoms with Crippen LogP contribution in [0.4, 0.5) is 5.82 Å². The Bertz CT molecular complexity index is 672. The van der Waals surface area contributed by atoms with Crippen molar-refractivity contribution in [1.82, 2.24) is 4.98 Å². The van der Waals surface area contributed by atoms with Crippen LogP contribution in [-0.2, 0) is 9.84 Å². The summed E-state index contributed by atoms with van der Waals surface area (Å²) in [7, 11) is -3.28. The largest absolute Gasteiger partial charge is 0.494 e. The number of benzene rings is 1. The highest BCUT2D eigenvalue weighted by Crippen LogP contribution is 2.17. The molecule has 1 aromatic heterocycles. The number of nitrogens with one attached hydrogen (secondary N) is 1. The Kier molecular flexibility index (Phi) is 5.16. The minimum Gasteiger partial charge on any atom is -0.494 e. The van der Waals surface area contributed by atoms with Gasteiger partial charge in [-0.3, -0.25) is 0 Å². The number of anilines is 1. The first-order chi connectivity index (χ1) is 10.1. The number of sulfone groups is 1. The first kappa shape index (κ1) is 15.3. The van der Waals surface area contributed by atoms with E-state index in [0.29, 0.717) is 19.0 Å². The van der Waals surface area contributed by atoms with Gasteiger partial charge in [0.25, 0.3) is 0 Å². The lowest BCUT2D eigenvalue weighted by Crippen LogP contribution is -2.11. The van der Waals surface area contributed by atoms with Crippen LogP contribution in [0.15, 0.2) is 53.6 Å². The highest BCUT2D eigenvalue weighted by molar-refractivity contribution is 7.90. The number of aromatic nitrogens is 1. The zero-order valence-electron chi connectivity index (χ0n) is 11.8. The fraction of sp³-hybridized carbons (Fsp3) is 0.267. The summed E-state index contributed by atoms with van der Waals surface area (Å²) < 4.78 is 28.8. The van der Waals surface area contributed by atoms with Gasteiger partial charge in [0.05, 0.1) is 6.61 Å². The molecule has 0 unspecified atom stereocenters. The monoisotopic (exact) mass is 306 g/mol. The van der Waals surface area contributed by atoms with Gasteiger partial charge in [-0.05, 0) is 30.7 Å². The van der Waals surface area contributed by atoms with E-state index < -0.39 is 9.84 Å². The third-order valence-electron chi connectivity index (χ3n) is 2.80. The molecule has 0 amide bonds. The Morgan fingerprint density at radius 1 is 1.14 bits per heavy atom. The van der Waals surface area contributed by atoms with E-state index in [9.17, 15) is 8.42 Å². The third kappa shape index (κ3) is 4.75. The molecular weight excluding hydrogens is 288 g/mol. The van der Waals surface area contributed by atoms with Crippen molar-refractivity contribution in [3.63, 3.8) is 0 Å². The average molecular weight is 306 g/mol. The second-order valence-corrected chi connectivity index (χ2v) is 6.55. The van der Waals surface area contributed by atoms with Crippen LogP contribution in [0.1, 0.15) is 6.42 Å². The number of para-hydroxylation sites is 1. The van der Waals surface area contributed by atoms with Gasteiger partial charge in [-0.2, -0.15) is 0 Å². The summed E-state index contributed by atoms with van der Waals surface area (Å²) in [5.74, 6) is 1.21. The van der Waals surface area contributed by atoms with Crippen molar-refractivity contribution in [2.75, 3.05) is 24.7 Å². The minimum absolute atomic E-state index is 0.217. The molecule has 0 saturated carbocycles. The number of ether oxygens (including phenoxy) is 1. The molecule has 0 spiro atoms. The third-order valence-corrected chi connectivity index (χ3v) is 3.92. The fourth-order valence-corrected chi connectivity index (χ4v) is 2.61. The topological polar surface area (TPSA) is 68.3 Å². The fourth-order valence-electron chi connectivity index (χ4n) is 1.81. The number of rotatable bonds is 7. The molecule has 1 aromatic carbocycles. The predicted octanol–water partition coefficient (Wildman–Crippen LogP) is 2.37. The molecule has 5 nitrogen and oxygen atoms in total. The molecule has 112 valence electrons. The summed E-state index contributed by atoms with van der Waals surface area (Å²) in [6, 6.07) is 12.7. The van der Waals surface area contributed by atoms with E-state index in [2.05, 4.69) is 10.3 Å². The van der Waals surface area contributed by atoms with Crippen molar-refractivity contribution in [2.45, 2.75) is 11.3 Å². The maximum Gasteiger partial charge on any atom is 0.179 e. The number of pyridine rings is 1. The predicted molar refractivity (Wildman–Crippen MR) is 82.4 cm³/mol. The van der Waals surface area contributed by atoms with Crippen LogP contribution in [0, 0.1) is 0 Å². The van der Waals surface area contributed by atoms with Gasteiger partial charge in [-0.1, -0.05) is 18.2 Å². The molecule has 0 aliphatic carbocycles. The molecule has 0 fully saturated rings. The number of hydrogen-bond donors (Lipinski definition) is 1. The van der Waals surface area contributed by atoms with Crippen LogP contribution in [0.3, 0.4) is 0 Å². The van der Waals surface area contributed by atoms with E-state index in [1.54, 1.807) is 18.3 Å². The van der Waals surface area contributed by atoms with Crippen molar-refractivity contribution in [2.24, 2.45) is 0 Å². The molecule has 21 heavy (non-hydrogen) atoms. The number of hydrogen-bond acceptors (Lipinski definition) is 5. The van der Waals surface area contributed by atoms with E-state index in [-0.39, 0.29) is 4.90 Å². The van der Waals surface area contributed by atoms with Crippen molar-refractivity contribution < 1.29 is 13.2 Å². The quantitative estimate of drug-likeness (QED) is 0.795. The zero-order chi connectivity index (χ0) is 15.1. The van der Waals surface area contributed by atoms with Gasteiger partial charge in [-0.25, -0.2) is 13.4 Å². The zero-order valence-corrected chi connectivity index (χ0v) is 12.6. The van der Waals surface area contributed by atoms with Crippen LogP contribution < -0.4 is 10.1 Å². The molecule has 2 rings (SSSR count). The first-order valence-electron chi connectivity index (χ1n) is 6.64. The smallest absolute Gasteiger partial charge is 0.179 e. The summed E-state index contributed by atoms with van der Waals surface area (Å²) in [5.41, 5.74) is 0. The molecule has 6 heteroatoms. The van der Waals surface area contributed by atoms with Crippen molar-refractivity contribution in [1.29, 1.82) is 0 Å². The van der Waals surface area contributed by atoms with Crippen LogP contribution in [-0.4, -0.2) is 32.8 Å². The van der Waals surface area contributed by atoms with Crippen LogP contribution in [0.2, 0.25) is 0 Å². The van der Waals surface area contributed by atoms with Crippen LogP contribution in [0.25, 0.3) is 0 Å². The van der Waals surface area contributed by atoms with Crippen molar-refractivity contribution in [3.05, 3.63) is 48.7 Å². The van der Waals surface area contributed by atoms with Gasteiger partial charge < -0.3 is 10.1 Å². The minimum atomic E-state index is -3.28. The van der Waals surface area contributed by atoms with Crippen molar-refractivity contribution >= 4 is 15.7 Å². The van der Waals surface area contributed by atoms with Gasteiger partial charge in [0.1, 0.15) is 16.5 Å². The van der Waals surface area contributed by atoms with Gasteiger partial charge in [0, 0.05) is 19.0 Å². The van der Waals surface area contributed by atoms with Crippen molar-refractivity contribution in [3.8, 4) is 5.75 Å². The molecule has 0 aliphatic heterocycles. The van der Waals surface area contributed by atoms with Gasteiger partial charge >= 0.3 is 0 Å². The molecule has 0 bridgehead atoms. The van der Waals surface area contributed by atoms with Crippen LogP contribution in [0.5, 0.6) is 5.75 Å². The summed E-state index contributed by atoms with van der Waals surface area (Å²) in [5, 5.41) is 3.04. The highest BCUT2D eigenvalue weighted by Gasteiger charge is 2.13. The Morgan fingerprint density at radius 3 is 2.62 bits per heavy atom. The maximum absolute atomic E-state index is 11.6. The summed E-state index contributed by atoms with van der Waals surface area (Å²) >= 11 is 0. The maximum atomic E-state index is 11.6. The molecule has 2 aromatic rings. The summed E-state index contributed by atoms with van der Waals surface area (Å²) in [6.45, 7) is 1.14. The van der Waals surface area contributed by atoms with Crippen LogP contribution >= 0.6 is 0 Å². The molecule has 0 radical (unpaired) electrons. The molecule has 0 atom stereocenters. The van der Waals surface area contributed by atoms with E-state index in [1.165, 1.54) is 6.26 Å². The molecule has 1 N–H and O–H groups in total. The van der Waals surface area contributed by atoms with E-state index in [0.717, 1.165) is 12.2 Å².